The molecule has 20 heavy (non-hydrogen) atoms. The number of hydrogen-bond donors (Lipinski definition) is 2. The SMILES string of the molecule is CCCCNC(=O)CCNC(=O)c1ccc(C(C)Cl)o1. The highest BCUT2D eigenvalue weighted by Crippen LogP contribution is 2.21. The summed E-state index contributed by atoms with van der Waals surface area (Å²) < 4.78 is 5.30. The second-order valence-electron chi connectivity index (χ2n) is 4.53. The Balaban J connectivity index is 2.27. The van der Waals surface area contributed by atoms with Gasteiger partial charge in [-0.05, 0) is 25.5 Å². The zero-order valence-corrected chi connectivity index (χ0v) is 12.6. The van der Waals surface area contributed by atoms with Crippen LogP contribution in [0.2, 0.25) is 0 Å². The van der Waals surface area contributed by atoms with Gasteiger partial charge in [0.1, 0.15) is 5.76 Å². The summed E-state index contributed by atoms with van der Waals surface area (Å²) in [5, 5.41) is 5.14. The van der Waals surface area contributed by atoms with E-state index in [0.29, 0.717) is 12.3 Å². The number of halogens is 1. The van der Waals surface area contributed by atoms with Crippen LogP contribution in [0.25, 0.3) is 0 Å². The zero-order chi connectivity index (χ0) is 15.0. The van der Waals surface area contributed by atoms with Crippen molar-refractivity contribution in [3.63, 3.8) is 0 Å². The summed E-state index contributed by atoms with van der Waals surface area (Å²) in [4.78, 5) is 23.2. The van der Waals surface area contributed by atoms with E-state index in [9.17, 15) is 9.59 Å². The number of unbranched alkanes of at least 4 members (excludes halogenated alkanes) is 1. The highest BCUT2D eigenvalue weighted by molar-refractivity contribution is 6.20. The van der Waals surface area contributed by atoms with E-state index in [4.69, 9.17) is 16.0 Å². The number of hydrogen-bond acceptors (Lipinski definition) is 3. The smallest absolute Gasteiger partial charge is 0.287 e. The summed E-state index contributed by atoms with van der Waals surface area (Å²) in [6.07, 6.45) is 2.26. The van der Waals surface area contributed by atoms with Crippen molar-refractivity contribution < 1.29 is 14.0 Å². The van der Waals surface area contributed by atoms with E-state index in [1.807, 2.05) is 0 Å². The normalized spacial score (nSPS) is 11.9. The van der Waals surface area contributed by atoms with Crippen LogP contribution in [0, 0.1) is 0 Å². The van der Waals surface area contributed by atoms with Crippen LogP contribution in [0.3, 0.4) is 0 Å². The number of alkyl halides is 1. The minimum atomic E-state index is -0.338. The molecule has 1 heterocycles. The van der Waals surface area contributed by atoms with E-state index >= 15 is 0 Å². The van der Waals surface area contributed by atoms with Gasteiger partial charge in [-0.1, -0.05) is 13.3 Å². The molecule has 0 saturated heterocycles. The van der Waals surface area contributed by atoms with Crippen LogP contribution in [0.4, 0.5) is 0 Å². The molecule has 112 valence electrons. The molecule has 5 nitrogen and oxygen atoms in total. The molecule has 0 bridgehead atoms. The molecule has 0 aliphatic rings. The molecule has 2 amide bonds. The molecule has 0 saturated carbocycles. The molecule has 0 fully saturated rings. The summed E-state index contributed by atoms with van der Waals surface area (Å²) in [5.41, 5.74) is 0. The van der Waals surface area contributed by atoms with Gasteiger partial charge in [-0.2, -0.15) is 0 Å². The largest absolute Gasteiger partial charge is 0.454 e. The van der Waals surface area contributed by atoms with Crippen molar-refractivity contribution in [3.8, 4) is 0 Å². The van der Waals surface area contributed by atoms with E-state index in [2.05, 4.69) is 17.6 Å². The first kappa shape index (κ1) is 16.6. The Labute approximate surface area is 124 Å². The second-order valence-corrected chi connectivity index (χ2v) is 5.18. The highest BCUT2D eigenvalue weighted by atomic mass is 35.5. The van der Waals surface area contributed by atoms with Gasteiger partial charge >= 0.3 is 0 Å². The Morgan fingerprint density at radius 2 is 2.05 bits per heavy atom. The van der Waals surface area contributed by atoms with Crippen molar-refractivity contribution in [2.24, 2.45) is 0 Å². The highest BCUT2D eigenvalue weighted by Gasteiger charge is 2.13. The molecule has 6 heteroatoms. The minimum Gasteiger partial charge on any atom is -0.454 e. The number of carbonyl (C=O) groups excluding carboxylic acids is 2. The fourth-order valence-corrected chi connectivity index (χ4v) is 1.68. The Bertz CT molecular complexity index is 443. The maximum Gasteiger partial charge on any atom is 0.287 e. The molecular formula is C14H21ClN2O3. The van der Waals surface area contributed by atoms with Crippen molar-refractivity contribution in [2.45, 2.75) is 38.5 Å². The van der Waals surface area contributed by atoms with Gasteiger partial charge in [-0.15, -0.1) is 11.6 Å². The summed E-state index contributed by atoms with van der Waals surface area (Å²) in [6, 6.07) is 3.24. The molecule has 1 rings (SSSR count). The Morgan fingerprint density at radius 3 is 2.65 bits per heavy atom. The van der Waals surface area contributed by atoms with Gasteiger partial charge in [0.05, 0.1) is 5.38 Å². The van der Waals surface area contributed by atoms with E-state index < -0.39 is 0 Å². The van der Waals surface area contributed by atoms with Crippen LogP contribution in [-0.4, -0.2) is 24.9 Å². The van der Waals surface area contributed by atoms with Crippen molar-refractivity contribution >= 4 is 23.4 Å². The van der Waals surface area contributed by atoms with Crippen molar-refractivity contribution in [3.05, 3.63) is 23.7 Å². The molecule has 0 aliphatic heterocycles. The monoisotopic (exact) mass is 300 g/mol. The number of amides is 2. The maximum absolute atomic E-state index is 11.7. The summed E-state index contributed by atoms with van der Waals surface area (Å²) in [5.74, 6) is 0.358. The molecule has 0 spiro atoms. The van der Waals surface area contributed by atoms with Crippen molar-refractivity contribution in [1.29, 1.82) is 0 Å². The third-order valence-corrected chi connectivity index (χ3v) is 2.95. The van der Waals surface area contributed by atoms with Gasteiger partial charge in [-0.3, -0.25) is 9.59 Å². The standard InChI is InChI=1S/C14H21ClN2O3/c1-3-4-8-16-13(18)7-9-17-14(19)12-6-5-11(20-12)10(2)15/h5-6,10H,3-4,7-9H2,1-2H3,(H,16,18)(H,17,19). The predicted octanol–water partition coefficient (Wildman–Crippen LogP) is 2.62. The lowest BCUT2D eigenvalue weighted by molar-refractivity contribution is -0.120. The van der Waals surface area contributed by atoms with Gasteiger partial charge in [0.25, 0.3) is 5.91 Å². The number of rotatable bonds is 8. The molecular weight excluding hydrogens is 280 g/mol. The Morgan fingerprint density at radius 1 is 1.30 bits per heavy atom. The predicted molar refractivity (Wildman–Crippen MR) is 77.8 cm³/mol. The zero-order valence-electron chi connectivity index (χ0n) is 11.9. The van der Waals surface area contributed by atoms with E-state index in [0.717, 1.165) is 12.8 Å². The molecule has 1 aromatic heterocycles. The third kappa shape index (κ3) is 5.65. The van der Waals surface area contributed by atoms with E-state index in [-0.39, 0.29) is 35.9 Å². The second kappa shape index (κ2) is 8.64. The van der Waals surface area contributed by atoms with Gasteiger partial charge in [-0.25, -0.2) is 0 Å². The molecule has 1 unspecified atom stereocenters. The molecule has 2 N–H and O–H groups in total. The first-order chi connectivity index (χ1) is 9.54. The topological polar surface area (TPSA) is 71.3 Å². The van der Waals surface area contributed by atoms with Gasteiger partial charge in [0.2, 0.25) is 5.91 Å². The van der Waals surface area contributed by atoms with Gasteiger partial charge in [0.15, 0.2) is 5.76 Å². The summed E-state index contributed by atoms with van der Waals surface area (Å²) >= 11 is 5.85. The maximum atomic E-state index is 11.7. The van der Waals surface area contributed by atoms with Crippen LogP contribution < -0.4 is 10.6 Å². The Kier molecular flexibility index (Phi) is 7.15. The van der Waals surface area contributed by atoms with Crippen LogP contribution in [0.15, 0.2) is 16.5 Å². The molecule has 0 aliphatic carbocycles. The lowest BCUT2D eigenvalue weighted by atomic mass is 10.3. The quantitative estimate of drug-likeness (QED) is 0.572. The lowest BCUT2D eigenvalue weighted by Crippen LogP contribution is -2.31. The number of nitrogens with one attached hydrogen (secondary N) is 2. The van der Waals surface area contributed by atoms with E-state index in [1.165, 1.54) is 0 Å². The number of carbonyl (C=O) groups is 2. The molecule has 0 radical (unpaired) electrons. The number of furan rings is 1. The Hall–Kier alpha value is -1.49. The van der Waals surface area contributed by atoms with E-state index in [1.54, 1.807) is 19.1 Å². The average molecular weight is 301 g/mol. The van der Waals surface area contributed by atoms with Gasteiger partial charge < -0.3 is 15.1 Å². The summed E-state index contributed by atoms with van der Waals surface area (Å²) in [7, 11) is 0. The lowest BCUT2D eigenvalue weighted by Gasteiger charge is -2.05. The minimum absolute atomic E-state index is 0.0618. The van der Waals surface area contributed by atoms with Gasteiger partial charge in [0, 0.05) is 19.5 Å². The van der Waals surface area contributed by atoms with Crippen LogP contribution >= 0.6 is 11.6 Å². The third-order valence-electron chi connectivity index (χ3n) is 2.73. The van der Waals surface area contributed by atoms with Crippen LogP contribution in [0.5, 0.6) is 0 Å². The fraction of sp³-hybridized carbons (Fsp3) is 0.571. The molecule has 1 aromatic rings. The van der Waals surface area contributed by atoms with Crippen molar-refractivity contribution in [1.82, 2.24) is 10.6 Å². The fourth-order valence-electron chi connectivity index (χ4n) is 1.56. The van der Waals surface area contributed by atoms with Crippen LogP contribution in [0.1, 0.15) is 54.8 Å². The molecule has 0 aromatic carbocycles. The molecule has 1 atom stereocenters. The first-order valence-electron chi connectivity index (χ1n) is 6.83. The summed E-state index contributed by atoms with van der Waals surface area (Å²) in [6.45, 7) is 4.79. The van der Waals surface area contributed by atoms with Crippen LogP contribution in [-0.2, 0) is 4.79 Å². The van der Waals surface area contributed by atoms with Crippen molar-refractivity contribution in [2.75, 3.05) is 13.1 Å². The average Bonchev–Trinajstić information content (AvgIpc) is 2.88. The first-order valence-corrected chi connectivity index (χ1v) is 7.27.